The first kappa shape index (κ1) is 15.7. The average Bonchev–Trinajstić information content (AvgIpc) is 2.49. The molecule has 2 rings (SSSR count). The molecule has 2 saturated heterocycles. The molecule has 1 unspecified atom stereocenters. The Kier molecular flexibility index (Phi) is 6.26. The summed E-state index contributed by atoms with van der Waals surface area (Å²) in [7, 11) is 0. The second-order valence-electron chi connectivity index (χ2n) is 6.10. The second-order valence-corrected chi connectivity index (χ2v) is 6.10. The number of rotatable bonds is 5. The Balaban J connectivity index is 1.71. The van der Waals surface area contributed by atoms with Crippen molar-refractivity contribution < 1.29 is 9.53 Å². The molecule has 0 bridgehead atoms. The maximum Gasteiger partial charge on any atom is 0.237 e. The fourth-order valence-corrected chi connectivity index (χ4v) is 3.20. The molecule has 5 nitrogen and oxygen atoms in total. The number of carbonyl (C=O) groups excluding carboxylic acids is 1. The smallest absolute Gasteiger partial charge is 0.237 e. The lowest BCUT2D eigenvalue weighted by atomic mass is 9.91. The van der Waals surface area contributed by atoms with Gasteiger partial charge in [0.1, 0.15) is 0 Å². The van der Waals surface area contributed by atoms with E-state index >= 15 is 0 Å². The van der Waals surface area contributed by atoms with E-state index in [1.165, 1.54) is 13.0 Å². The molecule has 0 aromatic heterocycles. The zero-order valence-electron chi connectivity index (χ0n) is 12.6. The van der Waals surface area contributed by atoms with Crippen LogP contribution in [-0.2, 0) is 9.53 Å². The van der Waals surface area contributed by atoms with E-state index in [1.54, 1.807) is 0 Å². The maximum atomic E-state index is 12.2. The van der Waals surface area contributed by atoms with Gasteiger partial charge in [-0.05, 0) is 44.6 Å². The lowest BCUT2D eigenvalue weighted by Crippen LogP contribution is -2.52. The van der Waals surface area contributed by atoms with Gasteiger partial charge in [-0.15, -0.1) is 0 Å². The summed E-state index contributed by atoms with van der Waals surface area (Å²) in [5.74, 6) is 0.315. The van der Waals surface area contributed by atoms with Crippen molar-refractivity contribution in [2.45, 2.75) is 51.1 Å². The van der Waals surface area contributed by atoms with Gasteiger partial charge >= 0.3 is 0 Å². The van der Waals surface area contributed by atoms with Gasteiger partial charge in [0, 0.05) is 32.3 Å². The normalized spacial score (nSPS) is 24.5. The van der Waals surface area contributed by atoms with Crippen molar-refractivity contribution in [3.63, 3.8) is 0 Å². The van der Waals surface area contributed by atoms with Crippen molar-refractivity contribution in [2.24, 2.45) is 11.7 Å². The molecule has 0 saturated carbocycles. The standard InChI is InChI=1S/C15H29N3O2/c1-2-7-18-8-3-13(4-9-18)17-15(19)14(16)12-5-10-20-11-6-12/h12-14H,2-11,16H2,1H3,(H,17,19). The third-order valence-electron chi connectivity index (χ3n) is 4.55. The Morgan fingerprint density at radius 3 is 2.55 bits per heavy atom. The van der Waals surface area contributed by atoms with Crippen molar-refractivity contribution in [3.05, 3.63) is 0 Å². The van der Waals surface area contributed by atoms with Crippen molar-refractivity contribution in [1.82, 2.24) is 10.2 Å². The largest absolute Gasteiger partial charge is 0.381 e. The summed E-state index contributed by atoms with van der Waals surface area (Å²) in [5.41, 5.74) is 6.11. The van der Waals surface area contributed by atoms with E-state index in [1.807, 2.05) is 0 Å². The highest BCUT2D eigenvalue weighted by Crippen LogP contribution is 2.18. The summed E-state index contributed by atoms with van der Waals surface area (Å²) in [6, 6.07) is -0.0610. The van der Waals surface area contributed by atoms with E-state index in [9.17, 15) is 4.79 Å². The zero-order valence-corrected chi connectivity index (χ0v) is 12.6. The van der Waals surface area contributed by atoms with Crippen LogP contribution < -0.4 is 11.1 Å². The van der Waals surface area contributed by atoms with Crippen LogP contribution in [0.3, 0.4) is 0 Å². The number of hydrogen-bond acceptors (Lipinski definition) is 4. The van der Waals surface area contributed by atoms with Crippen LogP contribution in [0, 0.1) is 5.92 Å². The lowest BCUT2D eigenvalue weighted by Gasteiger charge is -2.33. The molecular weight excluding hydrogens is 254 g/mol. The minimum absolute atomic E-state index is 0.0332. The Hall–Kier alpha value is -0.650. The molecule has 3 N–H and O–H groups in total. The molecule has 1 amide bonds. The molecule has 1 atom stereocenters. The highest BCUT2D eigenvalue weighted by atomic mass is 16.5. The van der Waals surface area contributed by atoms with Crippen LogP contribution in [0.25, 0.3) is 0 Å². The Morgan fingerprint density at radius 2 is 1.95 bits per heavy atom. The van der Waals surface area contributed by atoms with E-state index in [4.69, 9.17) is 10.5 Å². The third-order valence-corrected chi connectivity index (χ3v) is 4.55. The van der Waals surface area contributed by atoms with E-state index < -0.39 is 0 Å². The quantitative estimate of drug-likeness (QED) is 0.780. The van der Waals surface area contributed by atoms with Gasteiger partial charge in [-0.25, -0.2) is 0 Å². The highest BCUT2D eigenvalue weighted by Gasteiger charge is 2.28. The Labute approximate surface area is 122 Å². The molecule has 0 aromatic carbocycles. The number of nitrogens with two attached hydrogens (primary N) is 1. The summed E-state index contributed by atoms with van der Waals surface area (Å²) in [4.78, 5) is 14.7. The van der Waals surface area contributed by atoms with Crippen LogP contribution in [0.15, 0.2) is 0 Å². The number of nitrogens with one attached hydrogen (secondary N) is 1. The van der Waals surface area contributed by atoms with Gasteiger partial charge < -0.3 is 20.7 Å². The average molecular weight is 283 g/mol. The Morgan fingerprint density at radius 1 is 1.30 bits per heavy atom. The predicted molar refractivity (Wildman–Crippen MR) is 79.4 cm³/mol. The molecule has 0 radical (unpaired) electrons. The Bertz CT molecular complexity index is 297. The second kappa shape index (κ2) is 7.96. The molecule has 20 heavy (non-hydrogen) atoms. The molecule has 0 aliphatic carbocycles. The van der Waals surface area contributed by atoms with Crippen LogP contribution in [0.4, 0.5) is 0 Å². The summed E-state index contributed by atoms with van der Waals surface area (Å²) in [6.07, 6.45) is 5.11. The molecule has 5 heteroatoms. The third kappa shape index (κ3) is 4.43. The van der Waals surface area contributed by atoms with Crippen molar-refractivity contribution >= 4 is 5.91 Å². The van der Waals surface area contributed by atoms with Gasteiger partial charge in [0.05, 0.1) is 6.04 Å². The van der Waals surface area contributed by atoms with Gasteiger partial charge in [-0.1, -0.05) is 6.92 Å². The summed E-state index contributed by atoms with van der Waals surface area (Å²) in [5, 5.41) is 3.15. The molecule has 2 heterocycles. The first-order valence-electron chi connectivity index (χ1n) is 8.06. The molecule has 2 fully saturated rings. The summed E-state index contributed by atoms with van der Waals surface area (Å²) in [6.45, 7) is 7.03. The SMILES string of the molecule is CCCN1CCC(NC(=O)C(N)C2CCOCC2)CC1. The van der Waals surface area contributed by atoms with Gasteiger partial charge in [0.15, 0.2) is 0 Å². The number of nitrogens with zero attached hydrogens (tertiary/aromatic N) is 1. The van der Waals surface area contributed by atoms with Gasteiger partial charge in [0.2, 0.25) is 5.91 Å². The van der Waals surface area contributed by atoms with Crippen LogP contribution in [0.5, 0.6) is 0 Å². The minimum atomic E-state index is -0.368. The molecule has 2 aliphatic heterocycles. The topological polar surface area (TPSA) is 67.6 Å². The van der Waals surface area contributed by atoms with Crippen molar-refractivity contribution in [1.29, 1.82) is 0 Å². The van der Waals surface area contributed by atoms with Gasteiger partial charge in [0.25, 0.3) is 0 Å². The summed E-state index contributed by atoms with van der Waals surface area (Å²) >= 11 is 0. The monoisotopic (exact) mass is 283 g/mol. The minimum Gasteiger partial charge on any atom is -0.381 e. The molecule has 0 aromatic rings. The lowest BCUT2D eigenvalue weighted by molar-refractivity contribution is -0.125. The number of carbonyl (C=O) groups is 1. The van der Waals surface area contributed by atoms with E-state index in [-0.39, 0.29) is 17.9 Å². The number of likely N-dealkylation sites (tertiary alicyclic amines) is 1. The zero-order chi connectivity index (χ0) is 14.4. The maximum absolute atomic E-state index is 12.2. The fourth-order valence-electron chi connectivity index (χ4n) is 3.20. The van der Waals surface area contributed by atoms with E-state index in [2.05, 4.69) is 17.1 Å². The molecule has 116 valence electrons. The van der Waals surface area contributed by atoms with Crippen LogP contribution in [0.2, 0.25) is 0 Å². The van der Waals surface area contributed by atoms with Crippen LogP contribution in [-0.4, -0.2) is 55.7 Å². The van der Waals surface area contributed by atoms with E-state index in [0.29, 0.717) is 6.04 Å². The molecular formula is C15H29N3O2. The number of piperidine rings is 1. The first-order chi connectivity index (χ1) is 9.70. The van der Waals surface area contributed by atoms with Crippen LogP contribution in [0.1, 0.15) is 39.0 Å². The summed E-state index contributed by atoms with van der Waals surface area (Å²) < 4.78 is 5.32. The van der Waals surface area contributed by atoms with Gasteiger partial charge in [-0.3, -0.25) is 4.79 Å². The molecule has 2 aliphatic rings. The number of hydrogen-bond donors (Lipinski definition) is 2. The highest BCUT2D eigenvalue weighted by molar-refractivity contribution is 5.82. The van der Waals surface area contributed by atoms with Gasteiger partial charge in [-0.2, -0.15) is 0 Å². The fraction of sp³-hybridized carbons (Fsp3) is 0.933. The number of amides is 1. The van der Waals surface area contributed by atoms with Crippen LogP contribution >= 0.6 is 0 Å². The van der Waals surface area contributed by atoms with Crippen molar-refractivity contribution in [2.75, 3.05) is 32.8 Å². The number of ether oxygens (including phenoxy) is 1. The van der Waals surface area contributed by atoms with Crippen molar-refractivity contribution in [3.8, 4) is 0 Å². The molecule has 0 spiro atoms. The first-order valence-corrected chi connectivity index (χ1v) is 8.06. The van der Waals surface area contributed by atoms with E-state index in [0.717, 1.165) is 52.0 Å². The predicted octanol–water partition coefficient (Wildman–Crippen LogP) is 0.731.